The molecule has 0 saturated heterocycles. The molecule has 3 heteroatoms. The van der Waals surface area contributed by atoms with E-state index < -0.39 is 0 Å². The largest absolute Gasteiger partial charge is 0.493 e. The number of rotatable bonds is 3. The summed E-state index contributed by atoms with van der Waals surface area (Å²) in [6.07, 6.45) is 8.32. The van der Waals surface area contributed by atoms with Gasteiger partial charge in [0.15, 0.2) is 11.6 Å². The molecular weight excluding hydrogens is 188 g/mol. The van der Waals surface area contributed by atoms with Crippen LogP contribution in [0.2, 0.25) is 0 Å². The van der Waals surface area contributed by atoms with Gasteiger partial charge < -0.3 is 10.1 Å². The molecule has 1 aromatic heterocycles. The summed E-state index contributed by atoms with van der Waals surface area (Å²) in [6.45, 7) is 0. The van der Waals surface area contributed by atoms with Gasteiger partial charge in [-0.25, -0.2) is 4.98 Å². The molecule has 1 saturated carbocycles. The number of nitrogens with one attached hydrogen (secondary N) is 1. The van der Waals surface area contributed by atoms with E-state index in [9.17, 15) is 0 Å². The summed E-state index contributed by atoms with van der Waals surface area (Å²) in [4.78, 5) is 4.31. The van der Waals surface area contributed by atoms with Crippen molar-refractivity contribution in [2.24, 2.45) is 0 Å². The highest BCUT2D eigenvalue weighted by Gasteiger charge is 2.14. The summed E-state index contributed by atoms with van der Waals surface area (Å²) in [6, 6.07) is 4.41. The van der Waals surface area contributed by atoms with Crippen molar-refractivity contribution in [1.82, 2.24) is 4.98 Å². The molecule has 0 spiro atoms. The van der Waals surface area contributed by atoms with Gasteiger partial charge in [-0.2, -0.15) is 0 Å². The first-order chi connectivity index (χ1) is 7.40. The Morgan fingerprint density at radius 1 is 1.33 bits per heavy atom. The molecule has 1 N–H and O–H groups in total. The number of aromatic nitrogens is 1. The minimum absolute atomic E-state index is 0.572. The summed E-state index contributed by atoms with van der Waals surface area (Å²) in [5, 5.41) is 3.46. The number of methoxy groups -OCH3 is 1. The first kappa shape index (κ1) is 10.3. The van der Waals surface area contributed by atoms with Crippen LogP contribution in [0.15, 0.2) is 18.3 Å². The van der Waals surface area contributed by atoms with Crippen molar-refractivity contribution in [2.75, 3.05) is 12.4 Å². The number of anilines is 1. The zero-order valence-corrected chi connectivity index (χ0v) is 9.20. The minimum atomic E-state index is 0.572. The van der Waals surface area contributed by atoms with Gasteiger partial charge in [0.1, 0.15) is 0 Å². The van der Waals surface area contributed by atoms with E-state index in [4.69, 9.17) is 4.74 Å². The third-order valence-corrected chi connectivity index (χ3v) is 2.94. The van der Waals surface area contributed by atoms with Crippen molar-refractivity contribution >= 4 is 5.82 Å². The Kier molecular flexibility index (Phi) is 3.43. The van der Waals surface area contributed by atoms with Crippen molar-refractivity contribution in [3.8, 4) is 5.75 Å². The second-order valence-corrected chi connectivity index (χ2v) is 4.03. The van der Waals surface area contributed by atoms with E-state index in [1.54, 1.807) is 13.3 Å². The molecule has 82 valence electrons. The van der Waals surface area contributed by atoms with E-state index in [1.807, 2.05) is 12.1 Å². The molecule has 0 amide bonds. The molecule has 1 heterocycles. The lowest BCUT2D eigenvalue weighted by Gasteiger charge is -2.23. The summed E-state index contributed by atoms with van der Waals surface area (Å²) < 4.78 is 5.26. The molecule has 0 radical (unpaired) electrons. The highest BCUT2D eigenvalue weighted by atomic mass is 16.5. The van der Waals surface area contributed by atoms with Gasteiger partial charge in [0.25, 0.3) is 0 Å². The Bertz CT molecular complexity index is 308. The Hall–Kier alpha value is -1.25. The molecule has 3 nitrogen and oxygen atoms in total. The highest BCUT2D eigenvalue weighted by molar-refractivity contribution is 5.50. The number of hydrogen-bond donors (Lipinski definition) is 1. The SMILES string of the molecule is COc1cccnc1NC1CCCCC1. The quantitative estimate of drug-likeness (QED) is 0.825. The van der Waals surface area contributed by atoms with Gasteiger partial charge in [0.2, 0.25) is 0 Å². The minimum Gasteiger partial charge on any atom is -0.493 e. The average molecular weight is 206 g/mol. The van der Waals surface area contributed by atoms with Gasteiger partial charge in [-0.15, -0.1) is 0 Å². The van der Waals surface area contributed by atoms with Crippen LogP contribution in [-0.2, 0) is 0 Å². The summed E-state index contributed by atoms with van der Waals surface area (Å²) in [7, 11) is 1.68. The monoisotopic (exact) mass is 206 g/mol. The molecular formula is C12H18N2O. The van der Waals surface area contributed by atoms with E-state index in [0.717, 1.165) is 11.6 Å². The maximum Gasteiger partial charge on any atom is 0.168 e. The van der Waals surface area contributed by atoms with Crippen LogP contribution in [0.5, 0.6) is 5.75 Å². The van der Waals surface area contributed by atoms with Crippen LogP contribution in [0.4, 0.5) is 5.82 Å². The molecule has 0 bridgehead atoms. The maximum atomic E-state index is 5.26. The average Bonchev–Trinajstić information content (AvgIpc) is 2.31. The zero-order chi connectivity index (χ0) is 10.5. The van der Waals surface area contributed by atoms with Crippen LogP contribution < -0.4 is 10.1 Å². The Morgan fingerprint density at radius 3 is 2.87 bits per heavy atom. The Morgan fingerprint density at radius 2 is 2.13 bits per heavy atom. The van der Waals surface area contributed by atoms with Crippen LogP contribution in [0.3, 0.4) is 0 Å². The van der Waals surface area contributed by atoms with Crippen LogP contribution in [-0.4, -0.2) is 18.1 Å². The number of nitrogens with zero attached hydrogens (tertiary/aromatic N) is 1. The number of hydrogen-bond acceptors (Lipinski definition) is 3. The second-order valence-electron chi connectivity index (χ2n) is 4.03. The number of ether oxygens (including phenoxy) is 1. The Labute approximate surface area is 90.9 Å². The molecule has 0 aliphatic heterocycles. The van der Waals surface area contributed by atoms with Crippen molar-refractivity contribution in [3.63, 3.8) is 0 Å². The Balaban J connectivity index is 2.02. The summed E-state index contributed by atoms with van der Waals surface area (Å²) in [5.74, 6) is 1.72. The second kappa shape index (κ2) is 5.01. The maximum absolute atomic E-state index is 5.26. The first-order valence-electron chi connectivity index (χ1n) is 5.65. The third-order valence-electron chi connectivity index (χ3n) is 2.94. The summed E-state index contributed by atoms with van der Waals surface area (Å²) >= 11 is 0. The van der Waals surface area contributed by atoms with E-state index >= 15 is 0 Å². The van der Waals surface area contributed by atoms with E-state index in [0.29, 0.717) is 6.04 Å². The predicted octanol–water partition coefficient (Wildman–Crippen LogP) is 2.83. The molecule has 0 atom stereocenters. The molecule has 1 fully saturated rings. The van der Waals surface area contributed by atoms with E-state index in [1.165, 1.54) is 32.1 Å². The van der Waals surface area contributed by atoms with Crippen molar-refractivity contribution in [2.45, 2.75) is 38.1 Å². The highest BCUT2D eigenvalue weighted by Crippen LogP contribution is 2.25. The lowest BCUT2D eigenvalue weighted by molar-refractivity contribution is 0.411. The van der Waals surface area contributed by atoms with Crippen LogP contribution in [0.25, 0.3) is 0 Å². The van der Waals surface area contributed by atoms with Crippen molar-refractivity contribution in [3.05, 3.63) is 18.3 Å². The first-order valence-corrected chi connectivity index (χ1v) is 5.65. The van der Waals surface area contributed by atoms with Gasteiger partial charge in [-0.3, -0.25) is 0 Å². The molecule has 1 aliphatic rings. The van der Waals surface area contributed by atoms with Crippen LogP contribution >= 0.6 is 0 Å². The topological polar surface area (TPSA) is 34.1 Å². The molecule has 2 rings (SSSR count). The van der Waals surface area contributed by atoms with Gasteiger partial charge in [-0.1, -0.05) is 19.3 Å². The molecule has 0 aromatic carbocycles. The van der Waals surface area contributed by atoms with Gasteiger partial charge in [0.05, 0.1) is 7.11 Å². The predicted molar refractivity (Wildman–Crippen MR) is 61.3 cm³/mol. The number of pyridine rings is 1. The fourth-order valence-corrected chi connectivity index (χ4v) is 2.10. The van der Waals surface area contributed by atoms with Gasteiger partial charge in [-0.05, 0) is 25.0 Å². The van der Waals surface area contributed by atoms with Crippen molar-refractivity contribution in [1.29, 1.82) is 0 Å². The van der Waals surface area contributed by atoms with Crippen LogP contribution in [0, 0.1) is 0 Å². The molecule has 1 aromatic rings. The standard InChI is InChI=1S/C12H18N2O/c1-15-11-8-5-9-13-12(11)14-10-6-3-2-4-7-10/h5,8-10H,2-4,6-7H2,1H3,(H,13,14). The zero-order valence-electron chi connectivity index (χ0n) is 9.20. The fourth-order valence-electron chi connectivity index (χ4n) is 2.10. The van der Waals surface area contributed by atoms with E-state index in [-0.39, 0.29) is 0 Å². The third kappa shape index (κ3) is 2.61. The van der Waals surface area contributed by atoms with Crippen LogP contribution in [0.1, 0.15) is 32.1 Å². The molecule has 15 heavy (non-hydrogen) atoms. The van der Waals surface area contributed by atoms with Gasteiger partial charge in [0, 0.05) is 12.2 Å². The normalized spacial score (nSPS) is 17.4. The molecule has 1 aliphatic carbocycles. The summed E-state index contributed by atoms with van der Waals surface area (Å²) in [5.41, 5.74) is 0. The van der Waals surface area contributed by atoms with Gasteiger partial charge >= 0.3 is 0 Å². The van der Waals surface area contributed by atoms with Crippen molar-refractivity contribution < 1.29 is 4.74 Å². The lowest BCUT2D eigenvalue weighted by atomic mass is 9.95. The fraction of sp³-hybridized carbons (Fsp3) is 0.583. The molecule has 0 unspecified atom stereocenters. The lowest BCUT2D eigenvalue weighted by Crippen LogP contribution is -2.23. The van der Waals surface area contributed by atoms with E-state index in [2.05, 4.69) is 10.3 Å². The smallest absolute Gasteiger partial charge is 0.168 e.